The molecule has 1 aliphatic carbocycles. The molecule has 0 unspecified atom stereocenters. The lowest BCUT2D eigenvalue weighted by Crippen LogP contribution is -2.38. The maximum atomic E-state index is 14.1. The van der Waals surface area contributed by atoms with E-state index >= 15 is 0 Å². The Morgan fingerprint density at radius 1 is 0.919 bits per heavy atom. The molecule has 1 aromatic heterocycles. The molecule has 0 saturated carbocycles. The Bertz CT molecular complexity index is 1470. The van der Waals surface area contributed by atoms with Gasteiger partial charge in [0.2, 0.25) is 0 Å². The normalized spacial score (nSPS) is 18.9. The number of para-hydroxylation sites is 2. The molecule has 0 fully saturated rings. The van der Waals surface area contributed by atoms with Crippen LogP contribution in [0.25, 0.3) is 0 Å². The van der Waals surface area contributed by atoms with Gasteiger partial charge in [-0.2, -0.15) is 0 Å². The standard InChI is InChI=1S/C31H26N2O4/c1-36-23-15-13-20(14-16-23)22-18-25-29(27(34)19-22)30(28-12-7-17-37-28)33(26-11-6-5-10-24(26)32-25)31(35)21-8-3-2-4-9-21/h2-17,22,30,32H,18-19H2,1H3/t22-,30+/m1/s1. The molecule has 0 spiro atoms. The van der Waals surface area contributed by atoms with Crippen LogP contribution in [0.3, 0.4) is 0 Å². The van der Waals surface area contributed by atoms with E-state index in [1.165, 1.54) is 0 Å². The number of allylic oxidation sites excluding steroid dienone is 1. The Labute approximate surface area is 215 Å². The van der Waals surface area contributed by atoms with Crippen LogP contribution in [0.4, 0.5) is 11.4 Å². The Morgan fingerprint density at radius 2 is 1.68 bits per heavy atom. The molecule has 6 nitrogen and oxygen atoms in total. The van der Waals surface area contributed by atoms with Crippen molar-refractivity contribution in [1.82, 2.24) is 0 Å². The van der Waals surface area contributed by atoms with Crippen LogP contribution in [0.5, 0.6) is 5.75 Å². The molecule has 2 atom stereocenters. The molecular formula is C31H26N2O4. The Kier molecular flexibility index (Phi) is 5.85. The van der Waals surface area contributed by atoms with Crippen LogP contribution in [0.15, 0.2) is 113 Å². The highest BCUT2D eigenvalue weighted by Crippen LogP contribution is 2.48. The predicted octanol–water partition coefficient (Wildman–Crippen LogP) is 6.50. The van der Waals surface area contributed by atoms with Crippen LogP contribution < -0.4 is 15.0 Å². The van der Waals surface area contributed by atoms with Crippen LogP contribution in [0, 0.1) is 0 Å². The third kappa shape index (κ3) is 4.10. The van der Waals surface area contributed by atoms with Crippen molar-refractivity contribution >= 4 is 23.1 Å². The number of carbonyl (C=O) groups excluding carboxylic acids is 2. The molecule has 0 saturated heterocycles. The number of hydrogen-bond acceptors (Lipinski definition) is 5. The molecule has 37 heavy (non-hydrogen) atoms. The van der Waals surface area contributed by atoms with Gasteiger partial charge in [0.15, 0.2) is 5.78 Å². The molecule has 1 amide bonds. The molecule has 6 heteroatoms. The number of nitrogens with one attached hydrogen (secondary N) is 1. The zero-order valence-electron chi connectivity index (χ0n) is 20.4. The fourth-order valence-corrected chi connectivity index (χ4v) is 5.36. The summed E-state index contributed by atoms with van der Waals surface area (Å²) in [6.45, 7) is 0. The number of ether oxygens (including phenoxy) is 1. The van der Waals surface area contributed by atoms with Crippen LogP contribution in [0.1, 0.15) is 46.5 Å². The van der Waals surface area contributed by atoms with Gasteiger partial charge in [-0.3, -0.25) is 14.5 Å². The number of anilines is 2. The minimum Gasteiger partial charge on any atom is -0.497 e. The Balaban J connectivity index is 1.51. The molecule has 184 valence electrons. The first-order valence-corrected chi connectivity index (χ1v) is 12.3. The maximum Gasteiger partial charge on any atom is 0.259 e. The highest BCUT2D eigenvalue weighted by molar-refractivity contribution is 6.11. The number of nitrogens with zero attached hydrogens (tertiary/aromatic N) is 1. The SMILES string of the molecule is COc1ccc([C@H]2CC(=O)C3=C(C2)Nc2ccccc2N(C(=O)c2ccccc2)[C@H]3c2ccco2)cc1. The minimum atomic E-state index is -0.696. The van der Waals surface area contributed by atoms with E-state index in [1.807, 2.05) is 72.8 Å². The number of fused-ring (bicyclic) bond motifs is 1. The van der Waals surface area contributed by atoms with E-state index in [0.717, 1.165) is 22.7 Å². The van der Waals surface area contributed by atoms with Crippen LogP contribution in [-0.2, 0) is 4.79 Å². The van der Waals surface area contributed by atoms with E-state index in [-0.39, 0.29) is 17.6 Å². The topological polar surface area (TPSA) is 71.8 Å². The number of methoxy groups -OCH3 is 1. The van der Waals surface area contributed by atoms with E-state index in [4.69, 9.17) is 9.15 Å². The molecule has 1 aliphatic heterocycles. The third-order valence-corrected chi connectivity index (χ3v) is 7.13. The summed E-state index contributed by atoms with van der Waals surface area (Å²) in [6, 6.07) is 27.6. The molecule has 1 N–H and O–H groups in total. The van der Waals surface area contributed by atoms with E-state index in [1.54, 1.807) is 36.5 Å². The molecule has 4 aromatic rings. The Hall–Kier alpha value is -4.58. The number of carbonyl (C=O) groups is 2. The van der Waals surface area contributed by atoms with Gasteiger partial charge in [0.1, 0.15) is 17.6 Å². The monoisotopic (exact) mass is 490 g/mol. The summed E-state index contributed by atoms with van der Waals surface area (Å²) >= 11 is 0. The Morgan fingerprint density at radius 3 is 2.41 bits per heavy atom. The number of hydrogen-bond donors (Lipinski definition) is 1. The first kappa shape index (κ1) is 22.9. The van der Waals surface area contributed by atoms with E-state index < -0.39 is 6.04 Å². The van der Waals surface area contributed by atoms with Crippen molar-refractivity contribution in [2.45, 2.75) is 24.8 Å². The summed E-state index contributed by atoms with van der Waals surface area (Å²) in [7, 11) is 1.64. The molecular weight excluding hydrogens is 464 g/mol. The number of rotatable bonds is 4. The van der Waals surface area contributed by atoms with E-state index in [0.29, 0.717) is 35.4 Å². The van der Waals surface area contributed by atoms with Gasteiger partial charge in [-0.1, -0.05) is 42.5 Å². The van der Waals surface area contributed by atoms with Gasteiger partial charge in [0, 0.05) is 23.3 Å². The van der Waals surface area contributed by atoms with Crippen LogP contribution in [0.2, 0.25) is 0 Å². The minimum absolute atomic E-state index is 0.00497. The highest BCUT2D eigenvalue weighted by atomic mass is 16.5. The van der Waals surface area contributed by atoms with Gasteiger partial charge < -0.3 is 14.5 Å². The van der Waals surface area contributed by atoms with E-state index in [2.05, 4.69) is 5.32 Å². The number of Topliss-reactive ketones (excluding diaryl/α,β-unsaturated/α-hetero) is 1. The van der Waals surface area contributed by atoms with Gasteiger partial charge in [-0.15, -0.1) is 0 Å². The maximum absolute atomic E-state index is 14.1. The van der Waals surface area contributed by atoms with Crippen molar-refractivity contribution in [3.05, 3.63) is 125 Å². The van der Waals surface area contributed by atoms with Crippen molar-refractivity contribution in [2.24, 2.45) is 0 Å². The largest absolute Gasteiger partial charge is 0.497 e. The van der Waals surface area contributed by atoms with E-state index in [9.17, 15) is 9.59 Å². The van der Waals surface area contributed by atoms with Gasteiger partial charge in [-0.05, 0) is 66.4 Å². The summed E-state index contributed by atoms with van der Waals surface area (Å²) in [5.41, 5.74) is 4.47. The smallest absolute Gasteiger partial charge is 0.259 e. The third-order valence-electron chi connectivity index (χ3n) is 7.13. The second-order valence-corrected chi connectivity index (χ2v) is 9.30. The second-order valence-electron chi connectivity index (χ2n) is 9.30. The summed E-state index contributed by atoms with van der Waals surface area (Å²) in [4.78, 5) is 29.7. The van der Waals surface area contributed by atoms with Crippen molar-refractivity contribution in [3.8, 4) is 5.75 Å². The van der Waals surface area contributed by atoms with Crippen molar-refractivity contribution in [3.63, 3.8) is 0 Å². The molecule has 3 aromatic carbocycles. The summed E-state index contributed by atoms with van der Waals surface area (Å²) in [5.74, 6) is 1.13. The summed E-state index contributed by atoms with van der Waals surface area (Å²) in [6.07, 6.45) is 2.55. The van der Waals surface area contributed by atoms with Gasteiger partial charge in [0.05, 0.1) is 24.7 Å². The quantitative estimate of drug-likeness (QED) is 0.353. The second kappa shape index (κ2) is 9.47. The number of amides is 1. The van der Waals surface area contributed by atoms with Crippen LogP contribution in [-0.4, -0.2) is 18.8 Å². The fourth-order valence-electron chi connectivity index (χ4n) is 5.36. The van der Waals surface area contributed by atoms with Crippen LogP contribution >= 0.6 is 0 Å². The zero-order chi connectivity index (χ0) is 25.4. The molecule has 2 aliphatic rings. The zero-order valence-corrected chi connectivity index (χ0v) is 20.4. The lowest BCUT2D eigenvalue weighted by atomic mass is 9.79. The number of benzene rings is 3. The van der Waals surface area contributed by atoms with Crippen molar-refractivity contribution < 1.29 is 18.7 Å². The molecule has 6 rings (SSSR count). The molecule has 0 radical (unpaired) electrons. The average Bonchev–Trinajstić information content (AvgIpc) is 3.43. The average molecular weight is 491 g/mol. The fraction of sp³-hybridized carbons (Fsp3) is 0.161. The first-order chi connectivity index (χ1) is 18.1. The predicted molar refractivity (Wildman–Crippen MR) is 142 cm³/mol. The van der Waals surface area contributed by atoms with Crippen molar-refractivity contribution in [1.29, 1.82) is 0 Å². The number of furan rings is 1. The first-order valence-electron chi connectivity index (χ1n) is 12.3. The highest BCUT2D eigenvalue weighted by Gasteiger charge is 2.43. The molecule has 2 heterocycles. The van der Waals surface area contributed by atoms with Gasteiger partial charge in [0.25, 0.3) is 5.91 Å². The summed E-state index contributed by atoms with van der Waals surface area (Å²) in [5, 5.41) is 3.54. The van der Waals surface area contributed by atoms with Gasteiger partial charge >= 0.3 is 0 Å². The lowest BCUT2D eigenvalue weighted by Gasteiger charge is -2.33. The lowest BCUT2D eigenvalue weighted by molar-refractivity contribution is -0.116. The summed E-state index contributed by atoms with van der Waals surface area (Å²) < 4.78 is 11.2. The van der Waals surface area contributed by atoms with Gasteiger partial charge in [-0.25, -0.2) is 0 Å². The molecule has 0 bridgehead atoms. The van der Waals surface area contributed by atoms with Crippen molar-refractivity contribution in [2.75, 3.05) is 17.3 Å². The number of ketones is 1.